The van der Waals surface area contributed by atoms with E-state index in [0.29, 0.717) is 0 Å². The minimum atomic E-state index is -0.355. The fraction of sp³-hybridized carbons (Fsp3) is 0.700. The van der Waals surface area contributed by atoms with Crippen LogP contribution in [0.4, 0.5) is 0 Å². The van der Waals surface area contributed by atoms with E-state index in [0.717, 1.165) is 25.7 Å². The standard InChI is InChI=1S/C20H34O/c1-7-10-14-20(18(4,5)6)16-19(12-8-2,13-9-3)15-11-17(20)21/h8-9,11,15,17,21H,2-3,7,10,12-14,16H2,1,4-6H3. The number of aliphatic hydroxyl groups excluding tert-OH is 1. The van der Waals surface area contributed by atoms with E-state index in [-0.39, 0.29) is 22.3 Å². The molecule has 2 unspecified atom stereocenters. The first kappa shape index (κ1) is 18.2. The first-order valence-electron chi connectivity index (χ1n) is 8.36. The minimum absolute atomic E-state index is 0.0657. The molecule has 0 aromatic heterocycles. The molecule has 0 aromatic rings. The number of allylic oxidation sites excluding steroid dienone is 3. The van der Waals surface area contributed by atoms with Gasteiger partial charge in [0.25, 0.3) is 0 Å². The van der Waals surface area contributed by atoms with Gasteiger partial charge in [-0.05, 0) is 36.5 Å². The molecule has 0 aliphatic heterocycles. The van der Waals surface area contributed by atoms with E-state index in [1.54, 1.807) is 0 Å². The van der Waals surface area contributed by atoms with E-state index < -0.39 is 0 Å². The summed E-state index contributed by atoms with van der Waals surface area (Å²) in [6.07, 6.45) is 14.3. The highest BCUT2D eigenvalue weighted by Crippen LogP contribution is 2.57. The van der Waals surface area contributed by atoms with Crippen molar-refractivity contribution in [1.29, 1.82) is 0 Å². The van der Waals surface area contributed by atoms with Crippen molar-refractivity contribution in [3.63, 3.8) is 0 Å². The molecule has 0 fully saturated rings. The quantitative estimate of drug-likeness (QED) is 0.599. The van der Waals surface area contributed by atoms with Gasteiger partial charge in [-0.1, -0.05) is 64.8 Å². The first-order valence-corrected chi connectivity index (χ1v) is 8.36. The molecule has 0 heterocycles. The molecule has 1 nitrogen and oxygen atoms in total. The van der Waals surface area contributed by atoms with E-state index >= 15 is 0 Å². The van der Waals surface area contributed by atoms with Gasteiger partial charge in [0, 0.05) is 5.41 Å². The van der Waals surface area contributed by atoms with Crippen LogP contribution in [0.2, 0.25) is 0 Å². The van der Waals surface area contributed by atoms with Gasteiger partial charge in [-0.3, -0.25) is 0 Å². The Morgan fingerprint density at radius 3 is 2.24 bits per heavy atom. The van der Waals surface area contributed by atoms with E-state index in [9.17, 15) is 5.11 Å². The summed E-state index contributed by atoms with van der Waals surface area (Å²) < 4.78 is 0. The van der Waals surface area contributed by atoms with Crippen LogP contribution in [0.15, 0.2) is 37.5 Å². The van der Waals surface area contributed by atoms with Crippen molar-refractivity contribution >= 4 is 0 Å². The Morgan fingerprint density at radius 2 is 1.81 bits per heavy atom. The minimum Gasteiger partial charge on any atom is -0.388 e. The van der Waals surface area contributed by atoms with Gasteiger partial charge >= 0.3 is 0 Å². The Labute approximate surface area is 131 Å². The number of unbranched alkanes of at least 4 members (excludes halogenated alkanes) is 1. The van der Waals surface area contributed by atoms with Crippen LogP contribution < -0.4 is 0 Å². The van der Waals surface area contributed by atoms with Crippen LogP contribution in [-0.2, 0) is 0 Å². The Hall–Kier alpha value is -0.820. The average Bonchev–Trinajstić information content (AvgIpc) is 2.39. The molecule has 21 heavy (non-hydrogen) atoms. The van der Waals surface area contributed by atoms with Crippen LogP contribution in [0.5, 0.6) is 0 Å². The Bertz CT molecular complexity index is 375. The fourth-order valence-electron chi connectivity index (χ4n) is 4.02. The van der Waals surface area contributed by atoms with Gasteiger partial charge in [-0.25, -0.2) is 0 Å². The van der Waals surface area contributed by atoms with Gasteiger partial charge in [-0.2, -0.15) is 0 Å². The normalized spacial score (nSPS) is 28.3. The van der Waals surface area contributed by atoms with Crippen LogP contribution in [0.25, 0.3) is 0 Å². The molecule has 0 spiro atoms. The zero-order valence-electron chi connectivity index (χ0n) is 14.5. The van der Waals surface area contributed by atoms with Crippen molar-refractivity contribution in [3.8, 4) is 0 Å². The number of aliphatic hydroxyl groups is 1. The molecular formula is C20H34O. The topological polar surface area (TPSA) is 20.2 Å². The van der Waals surface area contributed by atoms with Crippen LogP contribution in [0, 0.1) is 16.2 Å². The molecular weight excluding hydrogens is 256 g/mol. The van der Waals surface area contributed by atoms with Gasteiger partial charge in [0.05, 0.1) is 6.10 Å². The Balaban J connectivity index is 3.26. The summed E-state index contributed by atoms with van der Waals surface area (Å²) in [5, 5.41) is 10.8. The molecule has 1 aliphatic rings. The molecule has 0 amide bonds. The summed E-state index contributed by atoms with van der Waals surface area (Å²) in [4.78, 5) is 0. The summed E-state index contributed by atoms with van der Waals surface area (Å²) in [5.74, 6) is 0. The van der Waals surface area contributed by atoms with E-state index in [4.69, 9.17) is 0 Å². The van der Waals surface area contributed by atoms with Crippen molar-refractivity contribution < 1.29 is 5.11 Å². The van der Waals surface area contributed by atoms with Crippen molar-refractivity contribution in [2.24, 2.45) is 16.2 Å². The first-order chi connectivity index (χ1) is 9.77. The second-order valence-electron chi connectivity index (χ2n) is 7.84. The Kier molecular flexibility index (Phi) is 6.04. The fourth-order valence-corrected chi connectivity index (χ4v) is 4.02. The van der Waals surface area contributed by atoms with Gasteiger partial charge in [0.15, 0.2) is 0 Å². The monoisotopic (exact) mass is 290 g/mol. The predicted molar refractivity (Wildman–Crippen MR) is 93.2 cm³/mol. The van der Waals surface area contributed by atoms with Crippen LogP contribution in [0.1, 0.15) is 66.2 Å². The van der Waals surface area contributed by atoms with Crippen LogP contribution in [0.3, 0.4) is 0 Å². The van der Waals surface area contributed by atoms with Crippen molar-refractivity contribution in [1.82, 2.24) is 0 Å². The number of hydrogen-bond donors (Lipinski definition) is 1. The lowest BCUT2D eigenvalue weighted by molar-refractivity contribution is -0.0745. The Morgan fingerprint density at radius 1 is 1.24 bits per heavy atom. The lowest BCUT2D eigenvalue weighted by atomic mass is 9.51. The maximum atomic E-state index is 10.8. The molecule has 1 rings (SSSR count). The highest BCUT2D eigenvalue weighted by molar-refractivity contribution is 5.19. The summed E-state index contributed by atoms with van der Waals surface area (Å²) in [6.45, 7) is 16.9. The highest BCUT2D eigenvalue weighted by Gasteiger charge is 2.52. The van der Waals surface area contributed by atoms with Gasteiger partial charge in [0.1, 0.15) is 0 Å². The van der Waals surface area contributed by atoms with Crippen LogP contribution >= 0.6 is 0 Å². The van der Waals surface area contributed by atoms with E-state index in [1.807, 2.05) is 18.2 Å². The van der Waals surface area contributed by atoms with Crippen molar-refractivity contribution in [2.45, 2.75) is 72.3 Å². The third-order valence-corrected chi connectivity index (χ3v) is 5.44. The lowest BCUT2D eigenvalue weighted by Crippen LogP contribution is -2.50. The average molecular weight is 290 g/mol. The summed E-state index contributed by atoms with van der Waals surface area (Å²) in [7, 11) is 0. The van der Waals surface area contributed by atoms with Crippen molar-refractivity contribution in [3.05, 3.63) is 37.5 Å². The molecule has 0 bridgehead atoms. The van der Waals surface area contributed by atoms with E-state index in [1.165, 1.54) is 12.8 Å². The molecule has 0 saturated heterocycles. The predicted octanol–water partition coefficient (Wildman–Crippen LogP) is 5.67. The number of hydrogen-bond acceptors (Lipinski definition) is 1. The van der Waals surface area contributed by atoms with Crippen molar-refractivity contribution in [2.75, 3.05) is 0 Å². The number of rotatable bonds is 7. The SMILES string of the molecule is C=CCC1(CC=C)C=CC(O)C(CCCC)(C(C)(C)C)C1. The third kappa shape index (κ3) is 3.69. The second kappa shape index (κ2) is 6.96. The van der Waals surface area contributed by atoms with E-state index in [2.05, 4.69) is 46.9 Å². The molecule has 0 radical (unpaired) electrons. The summed E-state index contributed by atoms with van der Waals surface area (Å²) in [6, 6.07) is 0. The molecule has 1 heteroatoms. The van der Waals surface area contributed by atoms with Gasteiger partial charge in [0.2, 0.25) is 0 Å². The molecule has 0 aromatic carbocycles. The molecule has 2 atom stereocenters. The summed E-state index contributed by atoms with van der Waals surface area (Å²) >= 11 is 0. The maximum Gasteiger partial charge on any atom is 0.0782 e. The highest BCUT2D eigenvalue weighted by atomic mass is 16.3. The van der Waals surface area contributed by atoms with Gasteiger partial charge in [-0.15, -0.1) is 13.2 Å². The molecule has 0 saturated carbocycles. The zero-order chi connectivity index (χ0) is 16.1. The smallest absolute Gasteiger partial charge is 0.0782 e. The zero-order valence-corrected chi connectivity index (χ0v) is 14.5. The molecule has 1 N–H and O–H groups in total. The largest absolute Gasteiger partial charge is 0.388 e. The van der Waals surface area contributed by atoms with Gasteiger partial charge < -0.3 is 5.11 Å². The lowest BCUT2D eigenvalue weighted by Gasteiger charge is -2.54. The maximum absolute atomic E-state index is 10.8. The van der Waals surface area contributed by atoms with Crippen LogP contribution in [-0.4, -0.2) is 11.2 Å². The molecule has 120 valence electrons. The molecule has 1 aliphatic carbocycles. The summed E-state index contributed by atoms with van der Waals surface area (Å²) in [5.41, 5.74) is 0.0769. The second-order valence-corrected chi connectivity index (χ2v) is 7.84. The third-order valence-electron chi connectivity index (χ3n) is 5.44.